The summed E-state index contributed by atoms with van der Waals surface area (Å²) in [6.45, 7) is 1.44. The molecule has 1 amide bonds. The van der Waals surface area contributed by atoms with Gasteiger partial charge >= 0.3 is 0 Å². The standard InChI is InChI=1S/C19H25N3O5S2/c1-26-13-7-8-15-17(11-13)28-19(20-15)21(12-14-5-4-10-27-14)18(23)16-6-3-9-22(16)29(2,24)25/h7-8,11,14,16H,3-6,9-10,12H2,1-2H3/t14-,16+/m1/s1. The van der Waals surface area contributed by atoms with Crippen LogP contribution in [0.5, 0.6) is 5.75 Å². The van der Waals surface area contributed by atoms with Gasteiger partial charge in [-0.1, -0.05) is 11.3 Å². The lowest BCUT2D eigenvalue weighted by Crippen LogP contribution is -2.49. The number of rotatable bonds is 6. The molecule has 2 aromatic rings. The molecule has 2 aliphatic rings. The first kappa shape index (κ1) is 20.5. The highest BCUT2D eigenvalue weighted by Crippen LogP contribution is 2.34. The van der Waals surface area contributed by atoms with Crippen LogP contribution in [0, 0.1) is 0 Å². The van der Waals surface area contributed by atoms with Crippen LogP contribution >= 0.6 is 11.3 Å². The van der Waals surface area contributed by atoms with Crippen molar-refractivity contribution in [3.63, 3.8) is 0 Å². The van der Waals surface area contributed by atoms with Crippen LogP contribution in [0.3, 0.4) is 0 Å². The molecule has 2 fully saturated rings. The van der Waals surface area contributed by atoms with E-state index < -0.39 is 16.1 Å². The van der Waals surface area contributed by atoms with Gasteiger partial charge in [0.05, 0.1) is 36.2 Å². The third-order valence-corrected chi connectivity index (χ3v) is 7.74. The SMILES string of the molecule is COc1ccc2nc(N(C[C@H]3CCCO3)C(=O)[C@@H]3CCCN3S(C)(=O)=O)sc2c1. The van der Waals surface area contributed by atoms with Gasteiger partial charge < -0.3 is 9.47 Å². The monoisotopic (exact) mass is 439 g/mol. The number of carbonyl (C=O) groups is 1. The summed E-state index contributed by atoms with van der Waals surface area (Å²) in [5.41, 5.74) is 0.780. The fraction of sp³-hybridized carbons (Fsp3) is 0.579. The number of benzene rings is 1. The maximum Gasteiger partial charge on any atom is 0.247 e. The van der Waals surface area contributed by atoms with Gasteiger partial charge in [-0.3, -0.25) is 9.69 Å². The molecule has 4 rings (SSSR count). The smallest absolute Gasteiger partial charge is 0.247 e. The van der Waals surface area contributed by atoms with Crippen molar-refractivity contribution in [2.75, 3.05) is 38.0 Å². The number of nitrogens with zero attached hydrogens (tertiary/aromatic N) is 3. The molecule has 2 atom stereocenters. The van der Waals surface area contributed by atoms with Gasteiger partial charge in [0, 0.05) is 13.2 Å². The molecule has 0 radical (unpaired) electrons. The number of anilines is 1. The Labute approximate surface area is 174 Å². The maximum absolute atomic E-state index is 13.5. The van der Waals surface area contributed by atoms with Crippen LogP contribution in [-0.4, -0.2) is 68.8 Å². The Morgan fingerprint density at radius 2 is 2.21 bits per heavy atom. The van der Waals surface area contributed by atoms with Crippen molar-refractivity contribution in [1.82, 2.24) is 9.29 Å². The largest absolute Gasteiger partial charge is 0.497 e. The minimum Gasteiger partial charge on any atom is -0.497 e. The number of methoxy groups -OCH3 is 1. The summed E-state index contributed by atoms with van der Waals surface area (Å²) in [5, 5.41) is 0.564. The number of fused-ring (bicyclic) bond motifs is 1. The van der Waals surface area contributed by atoms with Gasteiger partial charge in [0.2, 0.25) is 15.9 Å². The van der Waals surface area contributed by atoms with Gasteiger partial charge in [-0.2, -0.15) is 4.31 Å². The highest BCUT2D eigenvalue weighted by Gasteiger charge is 2.40. The first-order valence-corrected chi connectivity index (χ1v) is 12.4. The summed E-state index contributed by atoms with van der Waals surface area (Å²) in [6.07, 6.45) is 4.13. The number of amides is 1. The Morgan fingerprint density at radius 3 is 2.90 bits per heavy atom. The maximum atomic E-state index is 13.5. The molecule has 8 nitrogen and oxygen atoms in total. The van der Waals surface area contributed by atoms with Gasteiger partial charge in [0.15, 0.2) is 5.13 Å². The fourth-order valence-electron chi connectivity index (χ4n) is 3.95. The second-order valence-corrected chi connectivity index (χ2v) is 10.4. The minimum atomic E-state index is -3.45. The number of thiazole rings is 1. The minimum absolute atomic E-state index is 0.0615. The average molecular weight is 440 g/mol. The third kappa shape index (κ3) is 4.25. The Bertz CT molecular complexity index is 1000. The molecule has 3 heterocycles. The summed E-state index contributed by atoms with van der Waals surface area (Å²) in [4.78, 5) is 19.8. The van der Waals surface area contributed by atoms with E-state index in [1.807, 2.05) is 18.2 Å². The molecule has 1 aromatic heterocycles. The van der Waals surface area contributed by atoms with Crippen molar-refractivity contribution in [2.24, 2.45) is 0 Å². The molecule has 10 heteroatoms. The molecule has 1 aromatic carbocycles. The Kier molecular flexibility index (Phi) is 5.78. The number of carbonyl (C=O) groups excluding carboxylic acids is 1. The number of aromatic nitrogens is 1. The van der Waals surface area contributed by atoms with E-state index in [9.17, 15) is 13.2 Å². The topological polar surface area (TPSA) is 89.0 Å². The molecular formula is C19H25N3O5S2. The highest BCUT2D eigenvalue weighted by atomic mass is 32.2. The van der Waals surface area contributed by atoms with Crippen LogP contribution in [0.1, 0.15) is 25.7 Å². The molecule has 29 heavy (non-hydrogen) atoms. The van der Waals surface area contributed by atoms with Crippen LogP contribution in [0.4, 0.5) is 5.13 Å². The van der Waals surface area contributed by atoms with Crippen LogP contribution in [-0.2, 0) is 19.6 Å². The molecule has 0 bridgehead atoms. The van der Waals surface area contributed by atoms with Gasteiger partial charge in [0.1, 0.15) is 11.8 Å². The van der Waals surface area contributed by atoms with E-state index in [0.717, 1.165) is 35.1 Å². The molecule has 0 spiro atoms. The van der Waals surface area contributed by atoms with Crippen LogP contribution < -0.4 is 9.64 Å². The van der Waals surface area contributed by atoms with Gasteiger partial charge in [-0.25, -0.2) is 13.4 Å². The van der Waals surface area contributed by atoms with Crippen LogP contribution in [0.25, 0.3) is 10.2 Å². The van der Waals surface area contributed by atoms with Gasteiger partial charge in [-0.15, -0.1) is 0 Å². The zero-order valence-electron chi connectivity index (χ0n) is 16.5. The molecular weight excluding hydrogens is 414 g/mol. The van der Waals surface area contributed by atoms with Crippen molar-refractivity contribution in [3.8, 4) is 5.75 Å². The van der Waals surface area contributed by atoms with Crippen molar-refractivity contribution < 1.29 is 22.7 Å². The summed E-state index contributed by atoms with van der Waals surface area (Å²) >= 11 is 1.40. The number of ether oxygens (including phenoxy) is 2. The average Bonchev–Trinajstić information content (AvgIpc) is 3.44. The number of hydrogen-bond donors (Lipinski definition) is 0. The molecule has 0 saturated carbocycles. The molecule has 0 N–H and O–H groups in total. The zero-order chi connectivity index (χ0) is 20.6. The molecule has 158 valence electrons. The first-order chi connectivity index (χ1) is 13.9. The lowest BCUT2D eigenvalue weighted by Gasteiger charge is -2.29. The van der Waals surface area contributed by atoms with E-state index in [1.54, 1.807) is 12.0 Å². The predicted molar refractivity (Wildman–Crippen MR) is 112 cm³/mol. The zero-order valence-corrected chi connectivity index (χ0v) is 18.2. The van der Waals surface area contributed by atoms with Gasteiger partial charge in [0.25, 0.3) is 0 Å². The number of sulfonamides is 1. The molecule has 0 unspecified atom stereocenters. The van der Waals surface area contributed by atoms with E-state index >= 15 is 0 Å². The van der Waals surface area contributed by atoms with Crippen LogP contribution in [0.2, 0.25) is 0 Å². The van der Waals surface area contributed by atoms with E-state index in [0.29, 0.717) is 37.7 Å². The lowest BCUT2D eigenvalue weighted by atomic mass is 10.2. The fourth-order valence-corrected chi connectivity index (χ4v) is 6.08. The second-order valence-electron chi connectivity index (χ2n) is 7.45. The Balaban J connectivity index is 1.68. The number of hydrogen-bond acceptors (Lipinski definition) is 7. The first-order valence-electron chi connectivity index (χ1n) is 9.71. The van der Waals surface area contributed by atoms with Crippen molar-refractivity contribution in [1.29, 1.82) is 0 Å². The van der Waals surface area contributed by atoms with Crippen molar-refractivity contribution in [3.05, 3.63) is 18.2 Å². The lowest BCUT2D eigenvalue weighted by molar-refractivity contribution is -0.122. The molecule has 2 saturated heterocycles. The predicted octanol–water partition coefficient (Wildman–Crippen LogP) is 2.24. The third-order valence-electron chi connectivity index (χ3n) is 5.41. The second kappa shape index (κ2) is 8.17. The summed E-state index contributed by atoms with van der Waals surface area (Å²) in [5.74, 6) is 0.498. The van der Waals surface area contributed by atoms with E-state index in [2.05, 4.69) is 4.98 Å². The normalized spacial score (nSPS) is 23.0. The molecule has 2 aliphatic heterocycles. The van der Waals surface area contributed by atoms with Crippen molar-refractivity contribution in [2.45, 2.75) is 37.8 Å². The van der Waals surface area contributed by atoms with Crippen LogP contribution in [0.15, 0.2) is 18.2 Å². The van der Waals surface area contributed by atoms with E-state index in [4.69, 9.17) is 9.47 Å². The highest BCUT2D eigenvalue weighted by molar-refractivity contribution is 7.88. The molecule has 0 aliphatic carbocycles. The Hall–Kier alpha value is -1.75. The van der Waals surface area contributed by atoms with Gasteiger partial charge in [-0.05, 0) is 43.9 Å². The van der Waals surface area contributed by atoms with E-state index in [1.165, 1.54) is 15.6 Å². The summed E-state index contributed by atoms with van der Waals surface area (Å²) in [7, 11) is -1.84. The summed E-state index contributed by atoms with van der Waals surface area (Å²) < 4.78 is 37.6. The Morgan fingerprint density at radius 1 is 1.38 bits per heavy atom. The summed E-state index contributed by atoms with van der Waals surface area (Å²) in [6, 6.07) is 4.90. The van der Waals surface area contributed by atoms with E-state index in [-0.39, 0.29) is 12.0 Å². The van der Waals surface area contributed by atoms with Crippen molar-refractivity contribution >= 4 is 42.6 Å². The quantitative estimate of drug-likeness (QED) is 0.686.